The van der Waals surface area contributed by atoms with Crippen LogP contribution in [-0.4, -0.2) is 11.2 Å². The molecule has 0 saturated heterocycles. The van der Waals surface area contributed by atoms with E-state index in [0.29, 0.717) is 0 Å². The summed E-state index contributed by atoms with van der Waals surface area (Å²) in [6.45, 7) is 0. The van der Waals surface area contributed by atoms with E-state index in [0.717, 1.165) is 15.8 Å². The molecule has 0 atom stereocenters. The zero-order valence-electron chi connectivity index (χ0n) is 6.60. The maximum atomic E-state index is 12.8. The van der Waals surface area contributed by atoms with E-state index in [1.54, 1.807) is 23.9 Å². The van der Waals surface area contributed by atoms with Gasteiger partial charge in [-0.25, -0.2) is 4.39 Å². The molecule has 1 nitrogen and oxygen atoms in total. The minimum atomic E-state index is -0.183. The molecule has 12 heavy (non-hydrogen) atoms. The summed E-state index contributed by atoms with van der Waals surface area (Å²) in [5.74, 6) is -0.183. The summed E-state index contributed by atoms with van der Waals surface area (Å²) >= 11 is 1.62. The van der Waals surface area contributed by atoms with Crippen LogP contribution in [0.3, 0.4) is 0 Å². The normalized spacial score (nSPS) is 10.8. The van der Waals surface area contributed by atoms with E-state index < -0.39 is 0 Å². The molecule has 1 N–H and O–H groups in total. The fourth-order valence-electron chi connectivity index (χ4n) is 1.24. The Kier molecular flexibility index (Phi) is 1.81. The predicted octanol–water partition coefficient (Wildman–Crippen LogP) is 3.03. The third-order valence-electron chi connectivity index (χ3n) is 1.83. The number of hydrogen-bond donors (Lipinski definition) is 1. The average Bonchev–Trinajstić information content (AvgIpc) is 2.46. The van der Waals surface area contributed by atoms with Crippen molar-refractivity contribution < 1.29 is 4.39 Å². The molecule has 1 aromatic carbocycles. The number of aromatic amines is 1. The lowest BCUT2D eigenvalue weighted by atomic mass is 10.2. The highest BCUT2D eigenvalue weighted by molar-refractivity contribution is 7.98. The largest absolute Gasteiger partial charge is 0.360 e. The Morgan fingerprint density at radius 2 is 2.25 bits per heavy atom. The molecule has 1 heterocycles. The third kappa shape index (κ3) is 1.10. The Hall–Kier alpha value is -0.960. The standard InChI is InChI=1S/C9H8FNS/c1-12-9-5-11-8-3-2-6(10)4-7(8)9/h2-5,11H,1H3. The molecule has 1 aromatic heterocycles. The number of nitrogens with one attached hydrogen (secondary N) is 1. The van der Waals surface area contributed by atoms with Gasteiger partial charge in [0.1, 0.15) is 5.82 Å². The molecule has 0 saturated carbocycles. The maximum absolute atomic E-state index is 12.8. The van der Waals surface area contributed by atoms with Gasteiger partial charge < -0.3 is 4.98 Å². The number of hydrogen-bond acceptors (Lipinski definition) is 1. The number of benzene rings is 1. The summed E-state index contributed by atoms with van der Waals surface area (Å²) in [5.41, 5.74) is 0.987. The van der Waals surface area contributed by atoms with Crippen LogP contribution in [0.2, 0.25) is 0 Å². The second kappa shape index (κ2) is 2.83. The van der Waals surface area contributed by atoms with E-state index in [2.05, 4.69) is 4.98 Å². The van der Waals surface area contributed by atoms with Crippen molar-refractivity contribution in [3.8, 4) is 0 Å². The van der Waals surface area contributed by atoms with E-state index in [1.807, 2.05) is 12.5 Å². The first-order chi connectivity index (χ1) is 5.81. The first-order valence-electron chi connectivity index (χ1n) is 3.62. The van der Waals surface area contributed by atoms with Crippen LogP contribution in [0, 0.1) is 5.82 Å². The third-order valence-corrected chi connectivity index (χ3v) is 2.60. The van der Waals surface area contributed by atoms with Gasteiger partial charge in [0.05, 0.1) is 0 Å². The van der Waals surface area contributed by atoms with E-state index in [1.165, 1.54) is 6.07 Å². The number of rotatable bonds is 1. The van der Waals surface area contributed by atoms with Crippen LogP contribution < -0.4 is 0 Å². The number of halogens is 1. The molecule has 3 heteroatoms. The van der Waals surface area contributed by atoms with Crippen molar-refractivity contribution in [1.29, 1.82) is 0 Å². The van der Waals surface area contributed by atoms with Crippen LogP contribution in [-0.2, 0) is 0 Å². The summed E-state index contributed by atoms with van der Waals surface area (Å²) in [5, 5.41) is 0.961. The first kappa shape index (κ1) is 7.68. The first-order valence-corrected chi connectivity index (χ1v) is 4.84. The van der Waals surface area contributed by atoms with Crippen molar-refractivity contribution >= 4 is 22.7 Å². The molecule has 2 aromatic rings. The van der Waals surface area contributed by atoms with Crippen LogP contribution in [0.5, 0.6) is 0 Å². The lowest BCUT2D eigenvalue weighted by Crippen LogP contribution is -1.72. The Morgan fingerprint density at radius 3 is 3.00 bits per heavy atom. The van der Waals surface area contributed by atoms with Crippen molar-refractivity contribution in [3.63, 3.8) is 0 Å². The Bertz CT molecular complexity index is 408. The SMILES string of the molecule is CSc1c[nH]c2ccc(F)cc12. The number of thioether (sulfide) groups is 1. The van der Waals surface area contributed by atoms with Gasteiger partial charge in [0.15, 0.2) is 0 Å². The summed E-state index contributed by atoms with van der Waals surface area (Å²) in [7, 11) is 0. The smallest absolute Gasteiger partial charge is 0.123 e. The molecule has 0 aliphatic rings. The molecule has 0 amide bonds. The summed E-state index contributed by atoms with van der Waals surface area (Å²) in [6.07, 6.45) is 3.88. The summed E-state index contributed by atoms with van der Waals surface area (Å²) in [4.78, 5) is 4.17. The van der Waals surface area contributed by atoms with Crippen molar-refractivity contribution in [3.05, 3.63) is 30.2 Å². The Balaban J connectivity index is 2.75. The van der Waals surface area contributed by atoms with Gasteiger partial charge in [-0.1, -0.05) is 0 Å². The molecule has 0 spiro atoms. The molecular formula is C9H8FNS. The van der Waals surface area contributed by atoms with Crippen LogP contribution in [0.15, 0.2) is 29.3 Å². The van der Waals surface area contributed by atoms with Gasteiger partial charge in [0.2, 0.25) is 0 Å². The lowest BCUT2D eigenvalue weighted by Gasteiger charge is -1.92. The summed E-state index contributed by atoms with van der Waals surface area (Å²) in [6, 6.07) is 4.77. The van der Waals surface area contributed by atoms with Gasteiger partial charge in [0.25, 0.3) is 0 Å². The molecule has 0 aliphatic heterocycles. The molecular weight excluding hydrogens is 173 g/mol. The highest BCUT2D eigenvalue weighted by Crippen LogP contribution is 2.26. The van der Waals surface area contributed by atoms with Crippen molar-refractivity contribution in [2.45, 2.75) is 4.90 Å². The minimum absolute atomic E-state index is 0.183. The molecule has 0 bridgehead atoms. The van der Waals surface area contributed by atoms with Crippen molar-refractivity contribution in [1.82, 2.24) is 4.98 Å². The topological polar surface area (TPSA) is 15.8 Å². The zero-order chi connectivity index (χ0) is 8.55. The highest BCUT2D eigenvalue weighted by atomic mass is 32.2. The number of H-pyrrole nitrogens is 1. The van der Waals surface area contributed by atoms with Gasteiger partial charge >= 0.3 is 0 Å². The van der Waals surface area contributed by atoms with Gasteiger partial charge in [-0.05, 0) is 24.5 Å². The highest BCUT2D eigenvalue weighted by Gasteiger charge is 2.02. The molecule has 0 unspecified atom stereocenters. The molecule has 2 rings (SSSR count). The minimum Gasteiger partial charge on any atom is -0.360 e. The number of fused-ring (bicyclic) bond motifs is 1. The maximum Gasteiger partial charge on any atom is 0.123 e. The monoisotopic (exact) mass is 181 g/mol. The second-order valence-corrected chi connectivity index (χ2v) is 3.40. The van der Waals surface area contributed by atoms with Crippen LogP contribution >= 0.6 is 11.8 Å². The van der Waals surface area contributed by atoms with Crippen LogP contribution in [0.25, 0.3) is 10.9 Å². The Labute approximate surface area is 74.0 Å². The second-order valence-electron chi connectivity index (χ2n) is 2.55. The molecule has 0 radical (unpaired) electrons. The van der Waals surface area contributed by atoms with Gasteiger partial charge in [0, 0.05) is 22.0 Å². The van der Waals surface area contributed by atoms with E-state index in [4.69, 9.17) is 0 Å². The van der Waals surface area contributed by atoms with Crippen LogP contribution in [0.1, 0.15) is 0 Å². The molecule has 62 valence electrons. The number of aromatic nitrogens is 1. The average molecular weight is 181 g/mol. The van der Waals surface area contributed by atoms with E-state index >= 15 is 0 Å². The van der Waals surface area contributed by atoms with Gasteiger partial charge in [-0.3, -0.25) is 0 Å². The molecule has 0 fully saturated rings. The zero-order valence-corrected chi connectivity index (χ0v) is 7.41. The van der Waals surface area contributed by atoms with Crippen molar-refractivity contribution in [2.75, 3.05) is 6.26 Å². The lowest BCUT2D eigenvalue weighted by molar-refractivity contribution is 0.629. The molecule has 0 aliphatic carbocycles. The van der Waals surface area contributed by atoms with Crippen LogP contribution in [0.4, 0.5) is 4.39 Å². The summed E-state index contributed by atoms with van der Waals surface area (Å²) < 4.78 is 12.8. The van der Waals surface area contributed by atoms with Crippen molar-refractivity contribution in [2.24, 2.45) is 0 Å². The predicted molar refractivity (Wildman–Crippen MR) is 50.0 cm³/mol. The van der Waals surface area contributed by atoms with Gasteiger partial charge in [-0.15, -0.1) is 11.8 Å². The Morgan fingerprint density at radius 1 is 1.42 bits per heavy atom. The van der Waals surface area contributed by atoms with Gasteiger partial charge in [-0.2, -0.15) is 0 Å². The fraction of sp³-hybridized carbons (Fsp3) is 0.111. The fourth-order valence-corrected chi connectivity index (χ4v) is 1.80. The quantitative estimate of drug-likeness (QED) is 0.668. The van der Waals surface area contributed by atoms with E-state index in [9.17, 15) is 4.39 Å². The van der Waals surface area contributed by atoms with E-state index in [-0.39, 0.29) is 5.82 Å².